The van der Waals surface area contributed by atoms with Gasteiger partial charge in [0.1, 0.15) is 22.1 Å². The number of amides is 2. The Balaban J connectivity index is 1.40. The maximum Gasteiger partial charge on any atom is 0.319 e. The van der Waals surface area contributed by atoms with Crippen LogP contribution in [0.4, 0.5) is 15.8 Å². The second kappa shape index (κ2) is 10.1. The lowest BCUT2D eigenvalue weighted by Gasteiger charge is -2.12. The number of nitrogens with one attached hydrogen (secondary N) is 2. The van der Waals surface area contributed by atoms with Gasteiger partial charge < -0.3 is 15.4 Å². The van der Waals surface area contributed by atoms with Crippen molar-refractivity contribution in [1.29, 1.82) is 0 Å². The molecule has 0 spiro atoms. The third-order valence-corrected chi connectivity index (χ3v) is 5.49. The van der Waals surface area contributed by atoms with Crippen molar-refractivity contribution in [3.05, 3.63) is 48.3 Å². The van der Waals surface area contributed by atoms with Gasteiger partial charge in [-0.05, 0) is 43.3 Å². The van der Waals surface area contributed by atoms with Crippen molar-refractivity contribution < 1.29 is 23.5 Å². The molecule has 30 heavy (non-hydrogen) atoms. The highest BCUT2D eigenvalue weighted by Gasteiger charge is 2.18. The lowest BCUT2D eigenvalue weighted by atomic mass is 10.2. The number of hydrogen-bond donors (Lipinski definition) is 2. The number of aromatic nitrogens is 2. The van der Waals surface area contributed by atoms with Gasteiger partial charge in [-0.1, -0.05) is 6.07 Å². The highest BCUT2D eigenvalue weighted by molar-refractivity contribution is 8.01. The molecule has 11 heteroatoms. The third kappa shape index (κ3) is 5.97. The quantitative estimate of drug-likeness (QED) is 0.510. The fourth-order valence-electron chi connectivity index (χ4n) is 2.35. The number of carbonyl (C=O) groups excluding carboxylic acids is 3. The van der Waals surface area contributed by atoms with Gasteiger partial charge in [-0.3, -0.25) is 14.4 Å². The predicted molar refractivity (Wildman–Crippen MR) is 114 cm³/mol. The summed E-state index contributed by atoms with van der Waals surface area (Å²) in [7, 11) is 0. The maximum absolute atomic E-state index is 12.9. The smallest absolute Gasteiger partial charge is 0.319 e. The highest BCUT2D eigenvalue weighted by Crippen LogP contribution is 2.21. The Bertz CT molecular complexity index is 1060. The van der Waals surface area contributed by atoms with Crippen molar-refractivity contribution >= 4 is 63.7 Å². The Hall–Kier alpha value is -3.05. The lowest BCUT2D eigenvalue weighted by Crippen LogP contribution is -2.26. The monoisotopic (exact) mass is 448 g/mol. The van der Waals surface area contributed by atoms with E-state index in [1.54, 1.807) is 25.1 Å². The van der Waals surface area contributed by atoms with Crippen LogP contribution in [0.25, 0.3) is 11.0 Å². The molecule has 0 fully saturated rings. The van der Waals surface area contributed by atoms with Crippen LogP contribution < -0.4 is 10.6 Å². The minimum absolute atomic E-state index is 0.00133. The standard InChI is InChI=1S/C19H17FN4O4S2/c1-11(29-10-17(26)21-13-7-5-12(20)6-8-13)19(27)28-9-16(25)22-14-3-2-4-15-18(14)24-30-23-15/h2-8,11H,9-10H2,1H3,(H,21,26)(H,22,25)/t11-/m0/s1. The summed E-state index contributed by atoms with van der Waals surface area (Å²) < 4.78 is 26.1. The van der Waals surface area contributed by atoms with Crippen LogP contribution in [0.3, 0.4) is 0 Å². The summed E-state index contributed by atoms with van der Waals surface area (Å²) in [4.78, 5) is 36.1. The van der Waals surface area contributed by atoms with E-state index in [1.165, 1.54) is 24.3 Å². The molecule has 0 aliphatic heterocycles. The normalized spacial score (nSPS) is 11.7. The first-order valence-electron chi connectivity index (χ1n) is 8.77. The van der Waals surface area contributed by atoms with E-state index in [2.05, 4.69) is 19.4 Å². The van der Waals surface area contributed by atoms with E-state index in [-0.39, 0.29) is 11.7 Å². The zero-order chi connectivity index (χ0) is 21.5. The van der Waals surface area contributed by atoms with Gasteiger partial charge in [0.2, 0.25) is 5.91 Å². The molecule has 0 aliphatic rings. The Labute approximate surface area is 179 Å². The molecular weight excluding hydrogens is 431 g/mol. The van der Waals surface area contributed by atoms with Crippen LogP contribution in [0.1, 0.15) is 6.92 Å². The number of thioether (sulfide) groups is 1. The van der Waals surface area contributed by atoms with Crippen LogP contribution in [0.5, 0.6) is 0 Å². The van der Waals surface area contributed by atoms with Gasteiger partial charge in [0.25, 0.3) is 5.91 Å². The molecule has 0 saturated carbocycles. The summed E-state index contributed by atoms with van der Waals surface area (Å²) in [5.74, 6) is -1.86. The first-order chi connectivity index (χ1) is 14.4. The van der Waals surface area contributed by atoms with E-state index in [0.717, 1.165) is 23.5 Å². The van der Waals surface area contributed by atoms with Crippen LogP contribution >= 0.6 is 23.5 Å². The molecule has 0 bridgehead atoms. The van der Waals surface area contributed by atoms with E-state index in [0.29, 0.717) is 22.4 Å². The van der Waals surface area contributed by atoms with E-state index < -0.39 is 29.6 Å². The number of carbonyl (C=O) groups is 3. The van der Waals surface area contributed by atoms with Crippen LogP contribution in [0.2, 0.25) is 0 Å². The van der Waals surface area contributed by atoms with Gasteiger partial charge in [-0.2, -0.15) is 8.75 Å². The second-order valence-electron chi connectivity index (χ2n) is 6.10. The van der Waals surface area contributed by atoms with Gasteiger partial charge in [0.05, 0.1) is 23.2 Å². The number of anilines is 2. The number of benzene rings is 2. The number of hydrogen-bond acceptors (Lipinski definition) is 8. The SMILES string of the molecule is C[C@H](SCC(=O)Nc1ccc(F)cc1)C(=O)OCC(=O)Nc1cccc2nsnc12. The van der Waals surface area contributed by atoms with E-state index in [9.17, 15) is 18.8 Å². The fraction of sp³-hybridized carbons (Fsp3) is 0.211. The zero-order valence-corrected chi connectivity index (χ0v) is 17.4. The Morgan fingerprint density at radius 2 is 1.87 bits per heavy atom. The first kappa shape index (κ1) is 21.7. The molecule has 0 radical (unpaired) electrons. The van der Waals surface area contributed by atoms with Crippen LogP contribution in [-0.4, -0.2) is 44.1 Å². The first-order valence-corrected chi connectivity index (χ1v) is 10.5. The summed E-state index contributed by atoms with van der Waals surface area (Å²) in [5, 5.41) is 4.59. The number of halogens is 1. The van der Waals surface area contributed by atoms with Crippen LogP contribution in [0, 0.1) is 5.82 Å². The fourth-order valence-corrected chi connectivity index (χ4v) is 3.57. The molecular formula is C19H17FN4O4S2. The molecule has 1 heterocycles. The summed E-state index contributed by atoms with van der Waals surface area (Å²) in [6, 6.07) is 10.5. The average Bonchev–Trinajstić information content (AvgIpc) is 3.22. The number of ether oxygens (including phenoxy) is 1. The molecule has 1 atom stereocenters. The highest BCUT2D eigenvalue weighted by atomic mass is 32.2. The molecule has 1 aromatic heterocycles. The summed E-state index contributed by atoms with van der Waals surface area (Å²) in [5.41, 5.74) is 2.18. The second-order valence-corrected chi connectivity index (χ2v) is 7.96. The Kier molecular flexibility index (Phi) is 7.31. The van der Waals surface area contributed by atoms with Gasteiger partial charge in [0, 0.05) is 5.69 Å². The molecule has 0 unspecified atom stereocenters. The molecule has 3 rings (SSSR count). The Morgan fingerprint density at radius 3 is 2.63 bits per heavy atom. The van der Waals surface area contributed by atoms with Crippen molar-refractivity contribution in [2.24, 2.45) is 0 Å². The molecule has 8 nitrogen and oxygen atoms in total. The largest absolute Gasteiger partial charge is 0.455 e. The van der Waals surface area contributed by atoms with Crippen molar-refractivity contribution in [3.63, 3.8) is 0 Å². The van der Waals surface area contributed by atoms with E-state index in [1.807, 2.05) is 0 Å². The molecule has 0 saturated heterocycles. The summed E-state index contributed by atoms with van der Waals surface area (Å²) in [6.07, 6.45) is 0. The Morgan fingerprint density at radius 1 is 1.10 bits per heavy atom. The lowest BCUT2D eigenvalue weighted by molar-refractivity contribution is -0.146. The molecule has 3 aromatic rings. The summed E-state index contributed by atoms with van der Waals surface area (Å²) >= 11 is 2.10. The van der Waals surface area contributed by atoms with Crippen LogP contribution in [0.15, 0.2) is 42.5 Å². The summed E-state index contributed by atoms with van der Waals surface area (Å²) in [6.45, 7) is 1.12. The number of rotatable bonds is 8. The van der Waals surface area contributed by atoms with E-state index in [4.69, 9.17) is 4.74 Å². The van der Waals surface area contributed by atoms with E-state index >= 15 is 0 Å². The number of esters is 1. The predicted octanol–water partition coefficient (Wildman–Crippen LogP) is 3.07. The minimum atomic E-state index is -0.650. The van der Waals surface area contributed by atoms with Crippen LogP contribution in [-0.2, 0) is 19.1 Å². The number of fused-ring (bicyclic) bond motifs is 1. The molecule has 0 aliphatic carbocycles. The topological polar surface area (TPSA) is 110 Å². The van der Waals surface area contributed by atoms with Crippen molar-refractivity contribution in [3.8, 4) is 0 Å². The van der Waals surface area contributed by atoms with Crippen molar-refractivity contribution in [2.75, 3.05) is 23.0 Å². The van der Waals surface area contributed by atoms with Gasteiger partial charge >= 0.3 is 5.97 Å². The number of nitrogens with zero attached hydrogens (tertiary/aromatic N) is 2. The van der Waals surface area contributed by atoms with Gasteiger partial charge in [-0.15, -0.1) is 11.8 Å². The van der Waals surface area contributed by atoms with Gasteiger partial charge in [0.15, 0.2) is 6.61 Å². The van der Waals surface area contributed by atoms with Crippen molar-refractivity contribution in [2.45, 2.75) is 12.2 Å². The molecule has 2 N–H and O–H groups in total. The minimum Gasteiger partial charge on any atom is -0.455 e. The zero-order valence-electron chi connectivity index (χ0n) is 15.8. The average molecular weight is 449 g/mol. The molecule has 156 valence electrons. The van der Waals surface area contributed by atoms with Gasteiger partial charge in [-0.25, -0.2) is 4.39 Å². The third-order valence-electron chi connectivity index (χ3n) is 3.83. The molecule has 2 amide bonds. The molecule has 2 aromatic carbocycles. The maximum atomic E-state index is 12.9. The van der Waals surface area contributed by atoms with Crippen molar-refractivity contribution in [1.82, 2.24) is 8.75 Å².